The number of aliphatic hydroxyl groups is 1. The number of carbonyl (C=O) groups is 1. The molecule has 0 saturated carbocycles. The molecular weight excluding hydrogens is 326 g/mol. The van der Waals surface area contributed by atoms with E-state index in [1.807, 2.05) is 30.3 Å². The van der Waals surface area contributed by atoms with Crippen LogP contribution in [0.3, 0.4) is 0 Å². The van der Waals surface area contributed by atoms with Gasteiger partial charge < -0.3 is 15.7 Å². The molecule has 0 aromatic heterocycles. The molecule has 130 valence electrons. The molecule has 1 unspecified atom stereocenters. The summed E-state index contributed by atoms with van der Waals surface area (Å²) in [6.45, 7) is -0.0244. The van der Waals surface area contributed by atoms with E-state index in [9.17, 15) is 13.6 Å². The lowest BCUT2D eigenvalue weighted by Gasteiger charge is -2.19. The SMILES string of the molecule is C#Cc1cc(F)c(NC(=O)NC(CCCO)c2ccccc2)c(F)c1. The second-order valence-corrected chi connectivity index (χ2v) is 5.39. The maximum absolute atomic E-state index is 13.9. The zero-order valence-electron chi connectivity index (χ0n) is 13.4. The number of benzene rings is 2. The van der Waals surface area contributed by atoms with Crippen LogP contribution in [-0.2, 0) is 0 Å². The van der Waals surface area contributed by atoms with E-state index in [1.54, 1.807) is 0 Å². The summed E-state index contributed by atoms with van der Waals surface area (Å²) in [5.74, 6) is 0.235. The predicted molar refractivity (Wildman–Crippen MR) is 92.0 cm³/mol. The van der Waals surface area contributed by atoms with Crippen molar-refractivity contribution < 1.29 is 18.7 Å². The molecule has 4 nitrogen and oxygen atoms in total. The Bertz CT molecular complexity index is 750. The molecule has 0 radical (unpaired) electrons. The minimum Gasteiger partial charge on any atom is -0.396 e. The third kappa shape index (κ3) is 5.03. The van der Waals surface area contributed by atoms with Crippen molar-refractivity contribution in [3.8, 4) is 12.3 Å². The minimum absolute atomic E-state index is 0.0244. The lowest BCUT2D eigenvalue weighted by Crippen LogP contribution is -2.33. The third-order valence-corrected chi connectivity index (χ3v) is 3.61. The number of hydrogen-bond donors (Lipinski definition) is 3. The van der Waals surface area contributed by atoms with Gasteiger partial charge >= 0.3 is 6.03 Å². The van der Waals surface area contributed by atoms with Crippen molar-refractivity contribution in [2.45, 2.75) is 18.9 Å². The van der Waals surface area contributed by atoms with Crippen LogP contribution in [0.15, 0.2) is 42.5 Å². The number of nitrogens with one attached hydrogen (secondary N) is 2. The van der Waals surface area contributed by atoms with Gasteiger partial charge in [0.05, 0.1) is 6.04 Å². The van der Waals surface area contributed by atoms with Gasteiger partial charge in [-0.05, 0) is 30.5 Å². The van der Waals surface area contributed by atoms with Gasteiger partial charge in [0.25, 0.3) is 0 Å². The molecule has 0 fully saturated rings. The second-order valence-electron chi connectivity index (χ2n) is 5.39. The lowest BCUT2D eigenvalue weighted by atomic mass is 10.0. The summed E-state index contributed by atoms with van der Waals surface area (Å²) in [6.07, 6.45) is 6.07. The van der Waals surface area contributed by atoms with Gasteiger partial charge in [-0.1, -0.05) is 36.3 Å². The monoisotopic (exact) mass is 344 g/mol. The molecule has 0 bridgehead atoms. The van der Waals surface area contributed by atoms with Gasteiger partial charge in [-0.3, -0.25) is 0 Å². The van der Waals surface area contributed by atoms with Crippen molar-refractivity contribution in [1.82, 2.24) is 5.32 Å². The minimum atomic E-state index is -0.949. The van der Waals surface area contributed by atoms with Gasteiger partial charge in [-0.2, -0.15) is 0 Å². The molecule has 2 rings (SSSR count). The number of rotatable bonds is 6. The van der Waals surface area contributed by atoms with E-state index in [2.05, 4.69) is 16.6 Å². The molecule has 0 spiro atoms. The van der Waals surface area contributed by atoms with E-state index in [-0.39, 0.29) is 12.2 Å². The smallest absolute Gasteiger partial charge is 0.319 e. The zero-order valence-corrected chi connectivity index (χ0v) is 13.4. The van der Waals surface area contributed by atoms with E-state index in [0.717, 1.165) is 17.7 Å². The molecule has 6 heteroatoms. The van der Waals surface area contributed by atoms with Gasteiger partial charge in [0.15, 0.2) is 11.6 Å². The van der Waals surface area contributed by atoms with Crippen molar-refractivity contribution in [1.29, 1.82) is 0 Å². The first kappa shape index (κ1) is 18.4. The van der Waals surface area contributed by atoms with Gasteiger partial charge in [-0.15, -0.1) is 6.42 Å². The summed E-state index contributed by atoms with van der Waals surface area (Å²) in [5.41, 5.74) is 0.311. The standard InChI is InChI=1S/C19H18F2N2O2/c1-2-13-11-15(20)18(16(21)12-13)23-19(25)22-17(9-6-10-24)14-7-4-3-5-8-14/h1,3-5,7-8,11-12,17,24H,6,9-10H2,(H2,22,23,25). The third-order valence-electron chi connectivity index (χ3n) is 3.61. The van der Waals surface area contributed by atoms with Crippen LogP contribution in [-0.4, -0.2) is 17.7 Å². The van der Waals surface area contributed by atoms with E-state index >= 15 is 0 Å². The van der Waals surface area contributed by atoms with Gasteiger partial charge in [-0.25, -0.2) is 13.6 Å². The number of amides is 2. The van der Waals surface area contributed by atoms with Crippen LogP contribution in [0.25, 0.3) is 0 Å². The second kappa shape index (κ2) is 8.81. The van der Waals surface area contributed by atoms with Crippen molar-refractivity contribution >= 4 is 11.7 Å². The lowest BCUT2D eigenvalue weighted by molar-refractivity contribution is 0.243. The zero-order chi connectivity index (χ0) is 18.2. The Kier molecular flexibility index (Phi) is 6.49. The molecule has 2 aromatic carbocycles. The predicted octanol–water partition coefficient (Wildman–Crippen LogP) is 3.58. The molecule has 0 heterocycles. The van der Waals surface area contributed by atoms with Crippen LogP contribution in [0, 0.1) is 24.0 Å². The fraction of sp³-hybridized carbons (Fsp3) is 0.211. The first-order chi connectivity index (χ1) is 12.0. The van der Waals surface area contributed by atoms with Gasteiger partial charge in [0, 0.05) is 12.2 Å². The number of halogens is 2. The number of carbonyl (C=O) groups excluding carboxylic acids is 1. The Balaban J connectivity index is 2.13. The first-order valence-corrected chi connectivity index (χ1v) is 7.74. The van der Waals surface area contributed by atoms with Crippen LogP contribution in [0.2, 0.25) is 0 Å². The fourth-order valence-electron chi connectivity index (χ4n) is 2.39. The van der Waals surface area contributed by atoms with Gasteiger partial charge in [0.2, 0.25) is 0 Å². The average molecular weight is 344 g/mol. The van der Waals surface area contributed by atoms with Gasteiger partial charge in [0.1, 0.15) is 5.69 Å². The fourth-order valence-corrected chi connectivity index (χ4v) is 2.39. The van der Waals surface area contributed by atoms with E-state index in [4.69, 9.17) is 11.5 Å². The number of aliphatic hydroxyl groups excluding tert-OH is 1. The molecular formula is C19H18F2N2O2. The topological polar surface area (TPSA) is 61.4 Å². The quantitative estimate of drug-likeness (QED) is 0.702. The molecule has 0 aliphatic rings. The Hall–Kier alpha value is -2.91. The van der Waals surface area contributed by atoms with Crippen molar-refractivity contribution in [2.24, 2.45) is 0 Å². The Morgan fingerprint density at radius 1 is 1.20 bits per heavy atom. The largest absolute Gasteiger partial charge is 0.396 e. The highest BCUT2D eigenvalue weighted by Crippen LogP contribution is 2.22. The number of urea groups is 1. The number of anilines is 1. The van der Waals surface area contributed by atoms with Crippen LogP contribution < -0.4 is 10.6 Å². The number of terminal acetylenes is 1. The summed E-state index contributed by atoms with van der Waals surface area (Å²) >= 11 is 0. The molecule has 25 heavy (non-hydrogen) atoms. The summed E-state index contributed by atoms with van der Waals surface area (Å²) in [5, 5.41) is 13.9. The molecule has 2 amide bonds. The van der Waals surface area contributed by atoms with Crippen LogP contribution in [0.1, 0.15) is 30.0 Å². The Morgan fingerprint density at radius 2 is 1.84 bits per heavy atom. The Labute approximate surface area is 144 Å². The van der Waals surface area contributed by atoms with E-state index in [0.29, 0.717) is 12.8 Å². The van der Waals surface area contributed by atoms with Crippen LogP contribution >= 0.6 is 0 Å². The average Bonchev–Trinajstić information content (AvgIpc) is 2.62. The first-order valence-electron chi connectivity index (χ1n) is 7.74. The van der Waals surface area contributed by atoms with Crippen molar-refractivity contribution in [3.05, 3.63) is 65.2 Å². The highest BCUT2D eigenvalue weighted by Gasteiger charge is 2.17. The summed E-state index contributed by atoms with van der Waals surface area (Å²) < 4.78 is 27.8. The molecule has 2 aromatic rings. The Morgan fingerprint density at radius 3 is 2.40 bits per heavy atom. The highest BCUT2D eigenvalue weighted by atomic mass is 19.1. The summed E-state index contributed by atoms with van der Waals surface area (Å²) in [4.78, 5) is 12.2. The summed E-state index contributed by atoms with van der Waals surface area (Å²) in [7, 11) is 0. The molecule has 1 atom stereocenters. The summed E-state index contributed by atoms with van der Waals surface area (Å²) in [6, 6.07) is 9.92. The number of hydrogen-bond acceptors (Lipinski definition) is 2. The molecule has 3 N–H and O–H groups in total. The van der Waals surface area contributed by atoms with Crippen molar-refractivity contribution in [2.75, 3.05) is 11.9 Å². The molecule has 0 saturated heterocycles. The molecule has 0 aliphatic carbocycles. The van der Waals surface area contributed by atoms with Crippen LogP contribution in [0.4, 0.5) is 19.3 Å². The maximum Gasteiger partial charge on any atom is 0.319 e. The van der Waals surface area contributed by atoms with Crippen LogP contribution in [0.5, 0.6) is 0 Å². The van der Waals surface area contributed by atoms with Crippen molar-refractivity contribution in [3.63, 3.8) is 0 Å². The van der Waals surface area contributed by atoms with E-state index < -0.39 is 29.4 Å². The van der Waals surface area contributed by atoms with E-state index in [1.165, 1.54) is 0 Å². The normalized spacial score (nSPS) is 11.4. The maximum atomic E-state index is 13.9. The molecule has 0 aliphatic heterocycles. The highest BCUT2D eigenvalue weighted by molar-refractivity contribution is 5.89.